The average molecular weight is 259 g/mol. The Morgan fingerprint density at radius 2 is 1.56 bits per heavy atom. The Labute approximate surface area is 114 Å². The van der Waals surface area contributed by atoms with Gasteiger partial charge in [0.2, 0.25) is 0 Å². The summed E-state index contributed by atoms with van der Waals surface area (Å²) in [5, 5.41) is 0. The number of esters is 1. The largest absolute Gasteiger partial charge is 0.466 e. The number of carbonyl (C=O) groups excluding carboxylic acids is 1. The fourth-order valence-corrected chi connectivity index (χ4v) is 1.37. The first-order valence-electron chi connectivity index (χ1n) is 7.46. The normalized spacial score (nSPS) is 9.89. The topological polar surface area (TPSA) is 29.5 Å². The first kappa shape index (κ1) is 19.8. The van der Waals surface area contributed by atoms with Crippen molar-refractivity contribution in [1.29, 1.82) is 0 Å². The molecule has 0 fully saturated rings. The van der Waals surface area contributed by atoms with Crippen molar-refractivity contribution in [2.24, 2.45) is 0 Å². The highest BCUT2D eigenvalue weighted by Crippen LogP contribution is 1.97. The van der Waals surface area contributed by atoms with Crippen LogP contribution in [0.4, 0.5) is 0 Å². The van der Waals surface area contributed by atoms with Gasteiger partial charge in [0, 0.05) is 13.0 Å². The predicted octanol–water partition coefficient (Wildman–Crippen LogP) is 3.87. The van der Waals surface area contributed by atoms with Crippen molar-refractivity contribution in [3.63, 3.8) is 0 Å². The summed E-state index contributed by atoms with van der Waals surface area (Å²) in [5.41, 5.74) is 0. The van der Waals surface area contributed by atoms with Crippen molar-refractivity contribution >= 4 is 5.97 Å². The van der Waals surface area contributed by atoms with Crippen LogP contribution in [0, 0.1) is 0 Å². The Morgan fingerprint density at radius 3 is 2.06 bits per heavy atom. The molecular formula is C15H33NO2. The lowest BCUT2D eigenvalue weighted by Gasteiger charge is -2.15. The molecule has 0 saturated carbocycles. The standard InChI is InChI=1S/C12H25NO2.C3H8/c1-4-6-7-9-13(3)10-8-11-15-12(14)5-2;1-3-2/h4-11H2,1-3H3;3H2,1-2H3. The molecule has 0 aliphatic rings. The minimum absolute atomic E-state index is 0.0939. The molecule has 0 aromatic rings. The zero-order chi connectivity index (χ0) is 14.2. The SMILES string of the molecule is CCC.CCCCCN(C)CCCOC(=O)CC. The Kier molecular flexibility index (Phi) is 18.0. The maximum Gasteiger partial charge on any atom is 0.305 e. The summed E-state index contributed by atoms with van der Waals surface area (Å²) in [6, 6.07) is 0. The van der Waals surface area contributed by atoms with Gasteiger partial charge in [-0.1, -0.05) is 47.0 Å². The molecular weight excluding hydrogens is 226 g/mol. The molecule has 0 N–H and O–H groups in total. The van der Waals surface area contributed by atoms with Crippen LogP contribution in [0.15, 0.2) is 0 Å². The molecule has 0 unspecified atom stereocenters. The molecule has 0 spiro atoms. The fourth-order valence-electron chi connectivity index (χ4n) is 1.37. The molecule has 0 aromatic carbocycles. The average Bonchev–Trinajstić information content (AvgIpc) is 2.35. The van der Waals surface area contributed by atoms with Crippen molar-refractivity contribution in [1.82, 2.24) is 4.90 Å². The third-order valence-electron chi connectivity index (χ3n) is 2.38. The van der Waals surface area contributed by atoms with Crippen molar-refractivity contribution in [3.8, 4) is 0 Å². The fraction of sp³-hybridized carbons (Fsp3) is 0.933. The van der Waals surface area contributed by atoms with Gasteiger partial charge in [0.05, 0.1) is 6.61 Å². The van der Waals surface area contributed by atoms with E-state index in [9.17, 15) is 4.79 Å². The highest BCUT2D eigenvalue weighted by molar-refractivity contribution is 5.68. The first-order valence-corrected chi connectivity index (χ1v) is 7.46. The van der Waals surface area contributed by atoms with Gasteiger partial charge in [-0.2, -0.15) is 0 Å². The van der Waals surface area contributed by atoms with E-state index in [1.165, 1.54) is 25.7 Å². The summed E-state index contributed by atoms with van der Waals surface area (Å²) < 4.78 is 5.00. The second-order valence-corrected chi connectivity index (χ2v) is 4.65. The van der Waals surface area contributed by atoms with Crippen molar-refractivity contribution in [3.05, 3.63) is 0 Å². The van der Waals surface area contributed by atoms with Crippen LogP contribution >= 0.6 is 0 Å². The van der Waals surface area contributed by atoms with Crippen LogP contribution in [-0.4, -0.2) is 37.6 Å². The van der Waals surface area contributed by atoms with E-state index in [-0.39, 0.29) is 5.97 Å². The molecule has 3 nitrogen and oxygen atoms in total. The molecule has 110 valence electrons. The quantitative estimate of drug-likeness (QED) is 0.465. The van der Waals surface area contributed by atoms with Gasteiger partial charge in [-0.25, -0.2) is 0 Å². The monoisotopic (exact) mass is 259 g/mol. The molecule has 0 bridgehead atoms. The molecule has 0 aliphatic carbocycles. The summed E-state index contributed by atoms with van der Waals surface area (Å²) >= 11 is 0. The molecule has 18 heavy (non-hydrogen) atoms. The van der Waals surface area contributed by atoms with E-state index in [4.69, 9.17) is 4.74 Å². The van der Waals surface area contributed by atoms with E-state index >= 15 is 0 Å². The molecule has 3 heteroatoms. The second-order valence-electron chi connectivity index (χ2n) is 4.65. The van der Waals surface area contributed by atoms with Gasteiger partial charge in [-0.15, -0.1) is 0 Å². The van der Waals surface area contributed by atoms with Gasteiger partial charge in [0.15, 0.2) is 0 Å². The van der Waals surface area contributed by atoms with Gasteiger partial charge in [0.1, 0.15) is 0 Å². The molecule has 0 saturated heterocycles. The minimum atomic E-state index is -0.0939. The van der Waals surface area contributed by atoms with E-state index < -0.39 is 0 Å². The predicted molar refractivity (Wildman–Crippen MR) is 78.9 cm³/mol. The van der Waals surface area contributed by atoms with Crippen LogP contribution in [0.2, 0.25) is 0 Å². The van der Waals surface area contributed by atoms with Gasteiger partial charge in [0.25, 0.3) is 0 Å². The van der Waals surface area contributed by atoms with Crippen LogP contribution in [0.25, 0.3) is 0 Å². The molecule has 0 aliphatic heterocycles. The van der Waals surface area contributed by atoms with Gasteiger partial charge >= 0.3 is 5.97 Å². The molecule has 0 radical (unpaired) electrons. The van der Waals surface area contributed by atoms with Gasteiger partial charge in [-0.05, 0) is 26.4 Å². The number of unbranched alkanes of at least 4 members (excludes halogenated alkanes) is 2. The minimum Gasteiger partial charge on any atom is -0.466 e. The highest BCUT2D eigenvalue weighted by atomic mass is 16.5. The Bertz CT molecular complexity index is 172. The lowest BCUT2D eigenvalue weighted by Crippen LogP contribution is -2.22. The molecule has 0 atom stereocenters. The smallest absolute Gasteiger partial charge is 0.305 e. The number of carbonyl (C=O) groups is 1. The van der Waals surface area contributed by atoms with E-state index in [1.807, 2.05) is 6.92 Å². The maximum absolute atomic E-state index is 10.8. The van der Waals surface area contributed by atoms with Crippen molar-refractivity contribution in [2.75, 3.05) is 26.7 Å². The maximum atomic E-state index is 10.8. The summed E-state index contributed by atoms with van der Waals surface area (Å²) in [5.74, 6) is -0.0939. The van der Waals surface area contributed by atoms with Crippen LogP contribution < -0.4 is 0 Å². The van der Waals surface area contributed by atoms with E-state index in [2.05, 4.69) is 32.7 Å². The highest BCUT2D eigenvalue weighted by Gasteiger charge is 2.00. The Morgan fingerprint density at radius 1 is 1.00 bits per heavy atom. The van der Waals surface area contributed by atoms with Crippen molar-refractivity contribution in [2.45, 2.75) is 66.2 Å². The lowest BCUT2D eigenvalue weighted by molar-refractivity contribution is -0.143. The lowest BCUT2D eigenvalue weighted by atomic mass is 10.2. The Hall–Kier alpha value is -0.570. The summed E-state index contributed by atoms with van der Waals surface area (Å²) in [6.45, 7) is 11.0. The first-order chi connectivity index (χ1) is 8.62. The van der Waals surface area contributed by atoms with E-state index in [0.29, 0.717) is 13.0 Å². The number of nitrogens with zero attached hydrogens (tertiary/aromatic N) is 1. The second kappa shape index (κ2) is 16.4. The number of ether oxygens (including phenoxy) is 1. The van der Waals surface area contributed by atoms with E-state index in [0.717, 1.165) is 19.5 Å². The van der Waals surface area contributed by atoms with Crippen LogP contribution in [0.1, 0.15) is 66.2 Å². The zero-order valence-corrected chi connectivity index (χ0v) is 13.1. The zero-order valence-electron chi connectivity index (χ0n) is 13.1. The van der Waals surface area contributed by atoms with Crippen LogP contribution in [0.3, 0.4) is 0 Å². The summed E-state index contributed by atoms with van der Waals surface area (Å²) in [7, 11) is 2.12. The summed E-state index contributed by atoms with van der Waals surface area (Å²) in [6.07, 6.45) is 6.50. The number of rotatable bonds is 9. The Balaban J connectivity index is 0. The van der Waals surface area contributed by atoms with E-state index in [1.54, 1.807) is 0 Å². The summed E-state index contributed by atoms with van der Waals surface area (Å²) in [4.78, 5) is 13.1. The number of hydrogen-bond donors (Lipinski definition) is 0. The third-order valence-corrected chi connectivity index (χ3v) is 2.38. The molecule has 0 amide bonds. The van der Waals surface area contributed by atoms with Crippen LogP contribution in [-0.2, 0) is 9.53 Å². The van der Waals surface area contributed by atoms with Gasteiger partial charge in [-0.3, -0.25) is 4.79 Å². The molecule has 0 heterocycles. The number of hydrogen-bond acceptors (Lipinski definition) is 3. The van der Waals surface area contributed by atoms with Crippen LogP contribution in [0.5, 0.6) is 0 Å². The third kappa shape index (κ3) is 17.8. The van der Waals surface area contributed by atoms with Gasteiger partial charge < -0.3 is 9.64 Å². The molecule has 0 aromatic heterocycles. The molecule has 0 rings (SSSR count). The van der Waals surface area contributed by atoms with Crippen molar-refractivity contribution < 1.29 is 9.53 Å².